The molecule has 0 bridgehead atoms. The van der Waals surface area contributed by atoms with Crippen LogP contribution in [0, 0.1) is 5.41 Å². The van der Waals surface area contributed by atoms with Gasteiger partial charge in [-0.15, -0.1) is 0 Å². The second-order valence-corrected chi connectivity index (χ2v) is 8.53. The minimum atomic E-state index is 0.0443. The normalized spacial score (nSPS) is 17.0. The number of pyridine rings is 2. The van der Waals surface area contributed by atoms with Gasteiger partial charge in [-0.2, -0.15) is 0 Å². The summed E-state index contributed by atoms with van der Waals surface area (Å²) in [4.78, 5) is 9.64. The molecule has 1 aliphatic rings. The van der Waals surface area contributed by atoms with Crippen molar-refractivity contribution >= 4 is 16.5 Å². The highest BCUT2D eigenvalue weighted by Gasteiger charge is 2.34. The summed E-state index contributed by atoms with van der Waals surface area (Å²) < 4.78 is 0. The molecule has 3 rings (SSSR count). The van der Waals surface area contributed by atoms with E-state index < -0.39 is 0 Å². The number of hydrogen-bond donors (Lipinski definition) is 0. The Morgan fingerprint density at radius 2 is 1.87 bits per heavy atom. The van der Waals surface area contributed by atoms with E-state index in [1.165, 1.54) is 27.8 Å². The van der Waals surface area contributed by atoms with Crippen molar-refractivity contribution < 1.29 is 0 Å². The van der Waals surface area contributed by atoms with Crippen molar-refractivity contribution in [3.63, 3.8) is 0 Å². The molecule has 0 aliphatic heterocycles. The van der Waals surface area contributed by atoms with Gasteiger partial charge in [-0.3, -0.25) is 9.97 Å². The summed E-state index contributed by atoms with van der Waals surface area (Å²) in [5.41, 5.74) is 7.92. The van der Waals surface area contributed by atoms with E-state index in [0.717, 1.165) is 24.1 Å². The standard InChI is InChI=1S/C21H28N2/c1-8-15-13(2)19-18-16(21(15,6)7)11-14(12-20(3,4)5)23-17(18)9-10-22-19/h9-11H,8,12H2,1-7H3. The first kappa shape index (κ1) is 16.2. The van der Waals surface area contributed by atoms with Crippen LogP contribution in [0.15, 0.2) is 23.9 Å². The molecular formula is C21H28N2. The van der Waals surface area contributed by atoms with Gasteiger partial charge >= 0.3 is 0 Å². The van der Waals surface area contributed by atoms with E-state index >= 15 is 0 Å². The zero-order valence-corrected chi connectivity index (χ0v) is 15.5. The lowest BCUT2D eigenvalue weighted by molar-refractivity contribution is 0.406. The Labute approximate surface area is 140 Å². The first-order valence-corrected chi connectivity index (χ1v) is 8.65. The molecule has 2 aromatic heterocycles. The van der Waals surface area contributed by atoms with Crippen molar-refractivity contribution in [2.24, 2.45) is 5.41 Å². The van der Waals surface area contributed by atoms with Crippen LogP contribution in [0.2, 0.25) is 0 Å². The Morgan fingerprint density at radius 3 is 2.48 bits per heavy atom. The van der Waals surface area contributed by atoms with Gasteiger partial charge in [-0.1, -0.05) is 47.1 Å². The Kier molecular flexibility index (Phi) is 3.62. The average molecular weight is 308 g/mol. The highest BCUT2D eigenvalue weighted by Crippen LogP contribution is 2.46. The zero-order valence-electron chi connectivity index (χ0n) is 15.5. The second-order valence-electron chi connectivity index (χ2n) is 8.53. The molecule has 0 amide bonds. The number of hydrogen-bond acceptors (Lipinski definition) is 2. The highest BCUT2D eigenvalue weighted by atomic mass is 14.8. The maximum atomic E-state index is 4.95. The smallest absolute Gasteiger partial charge is 0.0755 e. The van der Waals surface area contributed by atoms with Gasteiger partial charge in [0.05, 0.1) is 11.2 Å². The van der Waals surface area contributed by atoms with Crippen molar-refractivity contribution in [2.45, 2.75) is 66.7 Å². The molecule has 2 nitrogen and oxygen atoms in total. The first-order chi connectivity index (χ1) is 10.6. The molecule has 2 heteroatoms. The summed E-state index contributed by atoms with van der Waals surface area (Å²) in [7, 11) is 0. The van der Waals surface area contributed by atoms with Crippen LogP contribution in [0.3, 0.4) is 0 Å². The first-order valence-electron chi connectivity index (χ1n) is 8.65. The van der Waals surface area contributed by atoms with Crippen LogP contribution in [-0.4, -0.2) is 9.97 Å². The summed E-state index contributed by atoms with van der Waals surface area (Å²) in [5.74, 6) is 0. The van der Waals surface area contributed by atoms with Gasteiger partial charge in [0.15, 0.2) is 0 Å². The number of rotatable bonds is 2. The van der Waals surface area contributed by atoms with Crippen molar-refractivity contribution in [3.8, 4) is 0 Å². The minimum Gasteiger partial charge on any atom is -0.256 e. The summed E-state index contributed by atoms with van der Waals surface area (Å²) in [6.07, 6.45) is 3.96. The van der Waals surface area contributed by atoms with E-state index in [2.05, 4.69) is 65.6 Å². The van der Waals surface area contributed by atoms with Crippen molar-refractivity contribution in [1.29, 1.82) is 0 Å². The lowest BCUT2D eigenvalue weighted by Gasteiger charge is -2.36. The number of aromatic nitrogens is 2. The van der Waals surface area contributed by atoms with Gasteiger partial charge in [0.2, 0.25) is 0 Å². The van der Waals surface area contributed by atoms with Crippen LogP contribution in [-0.2, 0) is 11.8 Å². The van der Waals surface area contributed by atoms with Crippen molar-refractivity contribution in [2.75, 3.05) is 0 Å². The second kappa shape index (κ2) is 5.15. The molecule has 0 atom stereocenters. The summed E-state index contributed by atoms with van der Waals surface area (Å²) >= 11 is 0. The lowest BCUT2D eigenvalue weighted by Crippen LogP contribution is -2.26. The SMILES string of the molecule is CCC1=C(C)c2nccc3nc(CC(C)(C)C)cc(c23)C1(C)C. The van der Waals surface area contributed by atoms with E-state index in [9.17, 15) is 0 Å². The molecule has 2 aromatic rings. The molecule has 0 saturated carbocycles. The van der Waals surface area contributed by atoms with E-state index in [0.29, 0.717) is 0 Å². The van der Waals surface area contributed by atoms with Gasteiger partial charge in [0.25, 0.3) is 0 Å². The third kappa shape index (κ3) is 2.58. The van der Waals surface area contributed by atoms with Gasteiger partial charge in [-0.05, 0) is 48.4 Å². The molecule has 1 aliphatic carbocycles. The van der Waals surface area contributed by atoms with Crippen LogP contribution >= 0.6 is 0 Å². The van der Waals surface area contributed by atoms with Crippen LogP contribution in [0.4, 0.5) is 0 Å². The Morgan fingerprint density at radius 1 is 1.17 bits per heavy atom. The Hall–Kier alpha value is -1.70. The highest BCUT2D eigenvalue weighted by molar-refractivity contribution is 5.96. The Balaban J connectivity index is 2.34. The monoisotopic (exact) mass is 308 g/mol. The largest absolute Gasteiger partial charge is 0.256 e. The van der Waals surface area contributed by atoms with Gasteiger partial charge < -0.3 is 0 Å². The molecule has 0 fully saturated rings. The summed E-state index contributed by atoms with van der Waals surface area (Å²) in [5, 5.41) is 1.25. The minimum absolute atomic E-state index is 0.0443. The fourth-order valence-electron chi connectivity index (χ4n) is 4.13. The van der Waals surface area contributed by atoms with Crippen molar-refractivity contribution in [3.05, 3.63) is 40.9 Å². The molecule has 23 heavy (non-hydrogen) atoms. The number of allylic oxidation sites excluding steroid dienone is 2. The fraction of sp³-hybridized carbons (Fsp3) is 0.524. The van der Waals surface area contributed by atoms with E-state index in [-0.39, 0.29) is 10.8 Å². The van der Waals surface area contributed by atoms with E-state index in [1.807, 2.05) is 6.20 Å². The van der Waals surface area contributed by atoms with Gasteiger partial charge in [0, 0.05) is 22.7 Å². The molecule has 0 unspecified atom stereocenters. The van der Waals surface area contributed by atoms with Gasteiger partial charge in [-0.25, -0.2) is 0 Å². The summed E-state index contributed by atoms with van der Waals surface area (Å²) in [6.45, 7) is 16.0. The van der Waals surface area contributed by atoms with E-state index in [1.54, 1.807) is 0 Å². The average Bonchev–Trinajstić information content (AvgIpc) is 2.43. The van der Waals surface area contributed by atoms with Crippen LogP contribution in [0.5, 0.6) is 0 Å². The fourth-order valence-corrected chi connectivity index (χ4v) is 4.13. The molecule has 0 spiro atoms. The molecule has 0 aromatic carbocycles. The summed E-state index contributed by atoms with van der Waals surface area (Å²) in [6, 6.07) is 4.40. The molecule has 0 N–H and O–H groups in total. The molecule has 122 valence electrons. The molecule has 2 heterocycles. The number of nitrogens with zero attached hydrogens (tertiary/aromatic N) is 2. The predicted molar refractivity (Wildman–Crippen MR) is 98.6 cm³/mol. The molecular weight excluding hydrogens is 280 g/mol. The Bertz CT molecular complexity index is 804. The van der Waals surface area contributed by atoms with Crippen molar-refractivity contribution in [1.82, 2.24) is 9.97 Å². The predicted octanol–water partition coefficient (Wildman–Crippen LogP) is 5.69. The topological polar surface area (TPSA) is 25.8 Å². The maximum Gasteiger partial charge on any atom is 0.0755 e. The zero-order chi connectivity index (χ0) is 17.0. The third-order valence-electron chi connectivity index (χ3n) is 5.07. The third-order valence-corrected chi connectivity index (χ3v) is 5.07. The van der Waals surface area contributed by atoms with E-state index in [4.69, 9.17) is 4.98 Å². The lowest BCUT2D eigenvalue weighted by atomic mass is 9.69. The molecule has 0 saturated heterocycles. The van der Waals surface area contributed by atoms with Crippen LogP contribution < -0.4 is 0 Å². The van der Waals surface area contributed by atoms with Crippen LogP contribution in [0.1, 0.15) is 71.8 Å². The maximum absolute atomic E-state index is 4.95. The van der Waals surface area contributed by atoms with Gasteiger partial charge in [0.1, 0.15) is 0 Å². The quantitative estimate of drug-likeness (QED) is 0.712. The van der Waals surface area contributed by atoms with Crippen LogP contribution in [0.25, 0.3) is 16.5 Å². The molecule has 0 radical (unpaired) electrons.